The van der Waals surface area contributed by atoms with Crippen molar-refractivity contribution in [2.24, 2.45) is 0 Å². The minimum Gasteiger partial charge on any atom is -0.309 e. The van der Waals surface area contributed by atoms with E-state index >= 15 is 0 Å². The molecule has 0 fully saturated rings. The van der Waals surface area contributed by atoms with Crippen LogP contribution in [0, 0.1) is 0 Å². The number of aromatic nitrogens is 1. The minimum atomic E-state index is 1.17. The van der Waals surface area contributed by atoms with Crippen LogP contribution < -0.4 is 0 Å². The Labute approximate surface area is 385 Å². The van der Waals surface area contributed by atoms with Crippen LogP contribution >= 0.6 is 11.3 Å². The second-order valence-corrected chi connectivity index (χ2v) is 18.5. The van der Waals surface area contributed by atoms with Crippen molar-refractivity contribution >= 4 is 96.4 Å². The maximum absolute atomic E-state index is 2.48. The molecule has 0 radical (unpaired) electrons. The summed E-state index contributed by atoms with van der Waals surface area (Å²) in [4.78, 5) is 0. The third-order valence-corrected chi connectivity index (χ3v) is 15.1. The van der Waals surface area contributed by atoms with Crippen LogP contribution in [0.15, 0.2) is 237 Å². The summed E-state index contributed by atoms with van der Waals surface area (Å²) < 4.78 is 4.99. The van der Waals surface area contributed by atoms with Crippen LogP contribution in [0.3, 0.4) is 0 Å². The third kappa shape index (κ3) is 5.46. The second-order valence-electron chi connectivity index (χ2n) is 17.5. The summed E-state index contributed by atoms with van der Waals surface area (Å²) in [6.07, 6.45) is 0. The lowest BCUT2D eigenvalue weighted by Crippen LogP contribution is -1.93. The molecular formula is C64H39NS. The van der Waals surface area contributed by atoms with Crippen molar-refractivity contribution in [3.8, 4) is 50.2 Å². The van der Waals surface area contributed by atoms with Gasteiger partial charge in [0.25, 0.3) is 0 Å². The predicted octanol–water partition coefficient (Wildman–Crippen LogP) is 18.4. The summed E-state index contributed by atoms with van der Waals surface area (Å²) >= 11 is 1.89. The summed E-state index contributed by atoms with van der Waals surface area (Å²) in [5, 5.41) is 15.2. The molecule has 2 aromatic heterocycles. The number of hydrogen-bond acceptors (Lipinski definition) is 1. The van der Waals surface area contributed by atoms with Gasteiger partial charge in [-0.1, -0.05) is 188 Å². The van der Waals surface area contributed by atoms with Crippen LogP contribution in [0.5, 0.6) is 0 Å². The molecule has 2 heteroatoms. The lowest BCUT2D eigenvalue weighted by Gasteiger charge is -2.19. The van der Waals surface area contributed by atoms with E-state index in [1.807, 2.05) is 11.3 Å². The minimum absolute atomic E-state index is 1.17. The SMILES string of the molecule is c1ccc(-c2c3ccccc3c(-c3ccc4sc5cccc(-c6c7ccccc7c(-c7ccc8c(c7)c7ccccc7n8-c7ccccc7)c7ccccc67)c5c4c3)c3ccccc23)cc1. The van der Waals surface area contributed by atoms with E-state index in [0.717, 1.165) is 0 Å². The number of hydrogen-bond donors (Lipinski definition) is 0. The largest absolute Gasteiger partial charge is 0.309 e. The molecule has 0 aliphatic rings. The fourth-order valence-electron chi connectivity index (χ4n) is 11.3. The molecule has 0 saturated carbocycles. The maximum Gasteiger partial charge on any atom is 0.0541 e. The van der Waals surface area contributed by atoms with Crippen molar-refractivity contribution in [2.45, 2.75) is 0 Å². The van der Waals surface area contributed by atoms with Crippen molar-refractivity contribution in [1.82, 2.24) is 4.57 Å². The predicted molar refractivity (Wildman–Crippen MR) is 285 cm³/mol. The van der Waals surface area contributed by atoms with Gasteiger partial charge in [-0.3, -0.25) is 0 Å². The molecule has 14 rings (SSSR count). The summed E-state index contributed by atoms with van der Waals surface area (Å²) in [6.45, 7) is 0. The Morgan fingerprint density at radius 1 is 0.258 bits per heavy atom. The van der Waals surface area contributed by atoms with Crippen molar-refractivity contribution < 1.29 is 0 Å². The van der Waals surface area contributed by atoms with Crippen LogP contribution in [-0.4, -0.2) is 4.57 Å². The molecule has 0 atom stereocenters. The molecule has 14 aromatic rings. The molecule has 0 N–H and O–H groups in total. The summed E-state index contributed by atoms with van der Waals surface area (Å²) in [7, 11) is 0. The van der Waals surface area contributed by atoms with Gasteiger partial charge in [0.05, 0.1) is 11.0 Å². The molecule has 0 saturated heterocycles. The highest BCUT2D eigenvalue weighted by molar-refractivity contribution is 7.26. The molecule has 0 aliphatic carbocycles. The van der Waals surface area contributed by atoms with Crippen molar-refractivity contribution in [1.29, 1.82) is 0 Å². The van der Waals surface area contributed by atoms with Crippen LogP contribution in [0.25, 0.3) is 135 Å². The Morgan fingerprint density at radius 2 is 0.697 bits per heavy atom. The quantitative estimate of drug-likeness (QED) is 0.152. The molecule has 0 unspecified atom stereocenters. The first-order valence-electron chi connectivity index (χ1n) is 22.8. The van der Waals surface area contributed by atoms with Gasteiger partial charge in [-0.25, -0.2) is 0 Å². The van der Waals surface area contributed by atoms with Gasteiger partial charge in [-0.2, -0.15) is 0 Å². The molecule has 0 amide bonds. The Hall–Kier alpha value is -8.30. The smallest absolute Gasteiger partial charge is 0.0541 e. The van der Waals surface area contributed by atoms with Crippen LogP contribution in [-0.2, 0) is 0 Å². The second kappa shape index (κ2) is 14.6. The Kier molecular flexibility index (Phi) is 8.22. The van der Waals surface area contributed by atoms with Gasteiger partial charge in [-0.15, -0.1) is 11.3 Å². The van der Waals surface area contributed by atoms with Gasteiger partial charge in [0.1, 0.15) is 0 Å². The molecule has 306 valence electrons. The standard InChI is InChI=1S/C64H39NS/c1-3-18-40(19-4-1)60-45-23-7-9-25-47(45)62(48-26-10-8-24-46(48)60)42-35-37-58-55(39-42)64-53(31-17-33-59(64)66-58)63-51-29-13-11-27-49(51)61(50-28-12-14-30-52(50)63)41-34-36-57-54(38-41)44-22-15-16-32-56(44)65(57)43-20-5-2-6-21-43/h1-39H. The molecular weight excluding hydrogens is 815 g/mol. The van der Waals surface area contributed by atoms with E-state index in [1.54, 1.807) is 0 Å². The first-order valence-corrected chi connectivity index (χ1v) is 23.6. The van der Waals surface area contributed by atoms with E-state index < -0.39 is 0 Å². The lowest BCUT2D eigenvalue weighted by molar-refractivity contribution is 1.18. The summed E-state index contributed by atoms with van der Waals surface area (Å²) in [5.41, 5.74) is 13.7. The van der Waals surface area contributed by atoms with Gasteiger partial charge in [0.15, 0.2) is 0 Å². The highest BCUT2D eigenvalue weighted by Gasteiger charge is 2.22. The molecule has 0 aliphatic heterocycles. The lowest BCUT2D eigenvalue weighted by atomic mass is 9.84. The maximum atomic E-state index is 2.48. The molecule has 0 spiro atoms. The molecule has 1 nitrogen and oxygen atoms in total. The topological polar surface area (TPSA) is 4.93 Å². The highest BCUT2D eigenvalue weighted by atomic mass is 32.1. The van der Waals surface area contributed by atoms with Gasteiger partial charge >= 0.3 is 0 Å². The van der Waals surface area contributed by atoms with Gasteiger partial charge in [-0.05, 0) is 136 Å². The number of nitrogens with zero attached hydrogens (tertiary/aromatic N) is 1. The average molecular weight is 854 g/mol. The number of rotatable bonds is 5. The normalized spacial score (nSPS) is 11.9. The highest BCUT2D eigenvalue weighted by Crippen LogP contribution is 2.50. The van der Waals surface area contributed by atoms with E-state index in [1.165, 1.54) is 135 Å². The van der Waals surface area contributed by atoms with Crippen molar-refractivity contribution in [2.75, 3.05) is 0 Å². The zero-order valence-corrected chi connectivity index (χ0v) is 36.7. The van der Waals surface area contributed by atoms with Crippen LogP contribution in [0.1, 0.15) is 0 Å². The fourth-order valence-corrected chi connectivity index (χ4v) is 12.4. The van der Waals surface area contributed by atoms with Gasteiger partial charge in [0, 0.05) is 36.6 Å². The van der Waals surface area contributed by atoms with Crippen LogP contribution in [0.2, 0.25) is 0 Å². The molecule has 0 bridgehead atoms. The summed E-state index contributed by atoms with van der Waals surface area (Å²) in [5.74, 6) is 0. The Morgan fingerprint density at radius 3 is 1.27 bits per heavy atom. The molecule has 2 heterocycles. The monoisotopic (exact) mass is 853 g/mol. The molecule has 66 heavy (non-hydrogen) atoms. The van der Waals surface area contributed by atoms with Crippen LogP contribution in [0.4, 0.5) is 0 Å². The molecule has 12 aromatic carbocycles. The van der Waals surface area contributed by atoms with Crippen molar-refractivity contribution in [3.05, 3.63) is 237 Å². The average Bonchev–Trinajstić information content (AvgIpc) is 3.93. The van der Waals surface area contributed by atoms with Crippen molar-refractivity contribution in [3.63, 3.8) is 0 Å². The van der Waals surface area contributed by atoms with E-state index in [0.29, 0.717) is 0 Å². The van der Waals surface area contributed by atoms with E-state index in [4.69, 9.17) is 0 Å². The fraction of sp³-hybridized carbons (Fsp3) is 0. The third-order valence-electron chi connectivity index (χ3n) is 14.0. The number of para-hydroxylation sites is 2. The number of benzene rings is 12. The first kappa shape index (κ1) is 37.1. The Balaban J connectivity index is 1.02. The zero-order valence-electron chi connectivity index (χ0n) is 35.9. The van der Waals surface area contributed by atoms with E-state index in [-0.39, 0.29) is 0 Å². The van der Waals surface area contributed by atoms with E-state index in [2.05, 4.69) is 241 Å². The van der Waals surface area contributed by atoms with Gasteiger partial charge < -0.3 is 4.57 Å². The zero-order chi connectivity index (χ0) is 43.3. The summed E-state index contributed by atoms with van der Waals surface area (Å²) in [6, 6.07) is 87.7. The van der Waals surface area contributed by atoms with E-state index in [9.17, 15) is 0 Å². The van der Waals surface area contributed by atoms with Gasteiger partial charge in [0.2, 0.25) is 0 Å². The number of fused-ring (bicyclic) bond motifs is 10. The first-order chi connectivity index (χ1) is 32.8. The number of thiophene rings is 1. The Bertz CT molecular complexity index is 4160.